The van der Waals surface area contributed by atoms with Crippen molar-refractivity contribution in [3.05, 3.63) is 59.2 Å². The number of nitrogens with one attached hydrogen (secondary N) is 1. The quantitative estimate of drug-likeness (QED) is 0.923. The molecule has 0 aromatic heterocycles. The second-order valence-corrected chi connectivity index (χ2v) is 5.16. The lowest BCUT2D eigenvalue weighted by Gasteiger charge is -2.18. The molecule has 0 fully saturated rings. The summed E-state index contributed by atoms with van der Waals surface area (Å²) in [5.74, 6) is 0.00463. The number of anilines is 2. The van der Waals surface area contributed by atoms with Crippen LogP contribution < -0.4 is 10.2 Å². The van der Waals surface area contributed by atoms with Crippen molar-refractivity contribution in [3.63, 3.8) is 0 Å². The number of aryl methyl sites for hydroxylation is 2. The predicted molar refractivity (Wildman–Crippen MR) is 89.3 cm³/mol. The second kappa shape index (κ2) is 6.44. The SMILES string of the molecule is CCc1ccc(N(C)C(=O)c2ccc(NC)c(C)c2)cc1. The van der Waals surface area contributed by atoms with E-state index in [1.165, 1.54) is 5.56 Å². The third-order valence-corrected chi connectivity index (χ3v) is 3.78. The van der Waals surface area contributed by atoms with Gasteiger partial charge in [-0.05, 0) is 54.8 Å². The highest BCUT2D eigenvalue weighted by atomic mass is 16.2. The monoisotopic (exact) mass is 282 g/mol. The fourth-order valence-corrected chi connectivity index (χ4v) is 2.34. The van der Waals surface area contributed by atoms with Gasteiger partial charge in [-0.25, -0.2) is 0 Å². The van der Waals surface area contributed by atoms with Crippen LogP contribution in [0.2, 0.25) is 0 Å². The van der Waals surface area contributed by atoms with Gasteiger partial charge < -0.3 is 10.2 Å². The maximum Gasteiger partial charge on any atom is 0.258 e. The number of hydrogen-bond acceptors (Lipinski definition) is 2. The van der Waals surface area contributed by atoms with Crippen LogP contribution in [0, 0.1) is 6.92 Å². The highest BCUT2D eigenvalue weighted by Crippen LogP contribution is 2.20. The average Bonchev–Trinajstić information content (AvgIpc) is 2.53. The van der Waals surface area contributed by atoms with Crippen LogP contribution in [0.15, 0.2) is 42.5 Å². The highest BCUT2D eigenvalue weighted by molar-refractivity contribution is 6.06. The summed E-state index contributed by atoms with van der Waals surface area (Å²) in [4.78, 5) is 14.2. The maximum atomic E-state index is 12.6. The average molecular weight is 282 g/mol. The number of nitrogens with zero attached hydrogens (tertiary/aromatic N) is 1. The van der Waals surface area contributed by atoms with Gasteiger partial charge in [0.05, 0.1) is 0 Å². The van der Waals surface area contributed by atoms with E-state index in [0.29, 0.717) is 5.56 Å². The lowest BCUT2D eigenvalue weighted by atomic mass is 10.1. The first-order chi connectivity index (χ1) is 10.1. The van der Waals surface area contributed by atoms with Gasteiger partial charge in [0, 0.05) is 31.0 Å². The van der Waals surface area contributed by atoms with E-state index < -0.39 is 0 Å². The highest BCUT2D eigenvalue weighted by Gasteiger charge is 2.14. The first kappa shape index (κ1) is 15.1. The zero-order valence-corrected chi connectivity index (χ0v) is 13.1. The first-order valence-corrected chi connectivity index (χ1v) is 7.22. The standard InChI is InChI=1S/C18H22N2O/c1-5-14-6-9-16(10-7-14)20(4)18(21)15-8-11-17(19-3)13(2)12-15/h6-12,19H,5H2,1-4H3. The fraction of sp³-hybridized carbons (Fsp3) is 0.278. The van der Waals surface area contributed by atoms with E-state index in [0.717, 1.165) is 23.4 Å². The number of hydrogen-bond donors (Lipinski definition) is 1. The van der Waals surface area contributed by atoms with Gasteiger partial charge in [0.15, 0.2) is 0 Å². The van der Waals surface area contributed by atoms with Crippen molar-refractivity contribution >= 4 is 17.3 Å². The summed E-state index contributed by atoms with van der Waals surface area (Å²) >= 11 is 0. The van der Waals surface area contributed by atoms with E-state index in [4.69, 9.17) is 0 Å². The molecule has 0 saturated heterocycles. The molecule has 0 bridgehead atoms. The molecule has 2 rings (SSSR count). The minimum absolute atomic E-state index is 0.00463. The van der Waals surface area contributed by atoms with Crippen molar-refractivity contribution in [1.82, 2.24) is 0 Å². The number of rotatable bonds is 4. The van der Waals surface area contributed by atoms with Gasteiger partial charge in [0.1, 0.15) is 0 Å². The van der Waals surface area contributed by atoms with Crippen molar-refractivity contribution in [1.29, 1.82) is 0 Å². The van der Waals surface area contributed by atoms with Crippen LogP contribution in [0.4, 0.5) is 11.4 Å². The molecular weight excluding hydrogens is 260 g/mol. The summed E-state index contributed by atoms with van der Waals surface area (Å²) in [6.07, 6.45) is 1.00. The molecule has 0 unspecified atom stereocenters. The molecule has 3 heteroatoms. The molecular formula is C18H22N2O. The maximum absolute atomic E-state index is 12.6. The van der Waals surface area contributed by atoms with Gasteiger partial charge in [0.2, 0.25) is 0 Å². The molecule has 2 aromatic carbocycles. The van der Waals surface area contributed by atoms with Crippen LogP contribution in [0.5, 0.6) is 0 Å². The summed E-state index contributed by atoms with van der Waals surface area (Å²) in [5.41, 5.74) is 4.99. The van der Waals surface area contributed by atoms with Gasteiger partial charge >= 0.3 is 0 Å². The Bertz CT molecular complexity index is 632. The number of amides is 1. The Labute approximate surface area is 126 Å². The van der Waals surface area contributed by atoms with E-state index in [1.807, 2.05) is 51.4 Å². The lowest BCUT2D eigenvalue weighted by molar-refractivity contribution is 0.0993. The van der Waals surface area contributed by atoms with E-state index >= 15 is 0 Å². The number of benzene rings is 2. The van der Waals surface area contributed by atoms with Crippen LogP contribution in [-0.4, -0.2) is 20.0 Å². The van der Waals surface area contributed by atoms with Crippen LogP contribution in [-0.2, 0) is 6.42 Å². The fourth-order valence-electron chi connectivity index (χ4n) is 2.34. The Balaban J connectivity index is 2.23. The Morgan fingerprint density at radius 1 is 1.14 bits per heavy atom. The van der Waals surface area contributed by atoms with E-state index in [9.17, 15) is 4.79 Å². The minimum Gasteiger partial charge on any atom is -0.388 e. The van der Waals surface area contributed by atoms with Gasteiger partial charge in [-0.3, -0.25) is 4.79 Å². The van der Waals surface area contributed by atoms with E-state index in [2.05, 4.69) is 24.4 Å². The zero-order chi connectivity index (χ0) is 15.4. The van der Waals surface area contributed by atoms with E-state index in [1.54, 1.807) is 4.90 Å². The molecule has 1 amide bonds. The number of carbonyl (C=O) groups excluding carboxylic acids is 1. The molecule has 0 aliphatic carbocycles. The molecule has 1 N–H and O–H groups in total. The molecule has 0 atom stereocenters. The smallest absolute Gasteiger partial charge is 0.258 e. The summed E-state index contributed by atoms with van der Waals surface area (Å²) < 4.78 is 0. The molecule has 110 valence electrons. The molecule has 0 spiro atoms. The number of carbonyl (C=O) groups is 1. The minimum atomic E-state index is 0.00463. The Morgan fingerprint density at radius 3 is 2.33 bits per heavy atom. The molecule has 0 aliphatic heterocycles. The Kier molecular flexibility index (Phi) is 4.63. The third-order valence-electron chi connectivity index (χ3n) is 3.78. The van der Waals surface area contributed by atoms with Crippen LogP contribution in [0.25, 0.3) is 0 Å². The van der Waals surface area contributed by atoms with Gasteiger partial charge in [-0.2, -0.15) is 0 Å². The molecule has 2 aromatic rings. The summed E-state index contributed by atoms with van der Waals surface area (Å²) in [6, 6.07) is 13.8. The predicted octanol–water partition coefficient (Wildman–Crippen LogP) is 3.88. The van der Waals surface area contributed by atoms with Gasteiger partial charge in [-0.1, -0.05) is 19.1 Å². The van der Waals surface area contributed by atoms with Crippen molar-refractivity contribution in [3.8, 4) is 0 Å². The summed E-state index contributed by atoms with van der Waals surface area (Å²) in [7, 11) is 3.69. The van der Waals surface area contributed by atoms with Gasteiger partial charge in [0.25, 0.3) is 5.91 Å². The Hall–Kier alpha value is -2.29. The summed E-state index contributed by atoms with van der Waals surface area (Å²) in [5, 5.41) is 3.11. The van der Waals surface area contributed by atoms with Crippen molar-refractivity contribution in [2.45, 2.75) is 20.3 Å². The van der Waals surface area contributed by atoms with Crippen molar-refractivity contribution in [2.24, 2.45) is 0 Å². The molecule has 3 nitrogen and oxygen atoms in total. The first-order valence-electron chi connectivity index (χ1n) is 7.22. The van der Waals surface area contributed by atoms with Crippen LogP contribution in [0.3, 0.4) is 0 Å². The summed E-state index contributed by atoms with van der Waals surface area (Å²) in [6.45, 7) is 4.12. The Morgan fingerprint density at radius 2 is 1.81 bits per heavy atom. The normalized spacial score (nSPS) is 10.3. The third kappa shape index (κ3) is 3.24. The van der Waals surface area contributed by atoms with Crippen molar-refractivity contribution in [2.75, 3.05) is 24.3 Å². The molecule has 0 aliphatic rings. The molecule has 0 radical (unpaired) electrons. The molecule has 0 saturated carbocycles. The lowest BCUT2D eigenvalue weighted by Crippen LogP contribution is -2.26. The van der Waals surface area contributed by atoms with E-state index in [-0.39, 0.29) is 5.91 Å². The topological polar surface area (TPSA) is 32.3 Å². The van der Waals surface area contributed by atoms with Gasteiger partial charge in [-0.15, -0.1) is 0 Å². The molecule has 21 heavy (non-hydrogen) atoms. The van der Waals surface area contributed by atoms with Crippen molar-refractivity contribution < 1.29 is 4.79 Å². The largest absolute Gasteiger partial charge is 0.388 e. The van der Waals surface area contributed by atoms with Crippen LogP contribution >= 0.6 is 0 Å². The van der Waals surface area contributed by atoms with Crippen LogP contribution in [0.1, 0.15) is 28.4 Å². The second-order valence-electron chi connectivity index (χ2n) is 5.16. The molecule has 0 heterocycles. The zero-order valence-electron chi connectivity index (χ0n) is 13.1.